The van der Waals surface area contributed by atoms with Crippen LogP contribution in [0.15, 0.2) is 29.2 Å². The molecule has 1 aromatic rings. The second-order valence-electron chi connectivity index (χ2n) is 4.61. The highest BCUT2D eigenvalue weighted by molar-refractivity contribution is 8.00. The fourth-order valence-corrected chi connectivity index (χ4v) is 4.03. The van der Waals surface area contributed by atoms with Crippen LogP contribution in [0.5, 0.6) is 5.75 Å². The minimum Gasteiger partial charge on any atom is -0.497 e. The van der Waals surface area contributed by atoms with Crippen LogP contribution >= 0.6 is 11.8 Å². The topological polar surface area (TPSA) is 46.6 Å². The monoisotopic (exact) mass is 313 g/mol. The number of nitrogens with zero attached hydrogens (tertiary/aromatic N) is 1. The Balaban J connectivity index is 1.91. The molecule has 0 aromatic heterocycles. The summed E-state index contributed by atoms with van der Waals surface area (Å²) in [4.78, 5) is 15.2. The van der Waals surface area contributed by atoms with Crippen molar-refractivity contribution in [2.24, 2.45) is 0 Å². The first kappa shape index (κ1) is 15.4. The number of rotatable bonds is 4. The molecule has 4 nitrogen and oxygen atoms in total. The van der Waals surface area contributed by atoms with Gasteiger partial charge in [-0.3, -0.25) is 9.00 Å². The maximum absolute atomic E-state index is 12.3. The molecule has 1 amide bonds. The predicted octanol–water partition coefficient (Wildman–Crippen LogP) is 1.77. The molecule has 110 valence electrons. The van der Waals surface area contributed by atoms with E-state index in [1.54, 1.807) is 18.9 Å². The second kappa shape index (κ2) is 7.13. The number of hydrogen-bond donors (Lipinski definition) is 0. The fraction of sp³-hybridized carbons (Fsp3) is 0.500. The summed E-state index contributed by atoms with van der Waals surface area (Å²) >= 11 is 1.54. The van der Waals surface area contributed by atoms with Crippen molar-refractivity contribution in [3.63, 3.8) is 0 Å². The second-order valence-corrected chi connectivity index (χ2v) is 7.72. The molecule has 20 heavy (non-hydrogen) atoms. The smallest absolute Gasteiger partial charge is 0.235 e. The third-order valence-corrected chi connectivity index (χ3v) is 5.58. The Morgan fingerprint density at radius 2 is 1.90 bits per heavy atom. The summed E-state index contributed by atoms with van der Waals surface area (Å²) in [6, 6.07) is 7.70. The third-order valence-electron chi connectivity index (χ3n) is 3.21. The van der Waals surface area contributed by atoms with Crippen LogP contribution in [0.2, 0.25) is 0 Å². The van der Waals surface area contributed by atoms with Crippen LogP contribution in [0, 0.1) is 0 Å². The van der Waals surface area contributed by atoms with Gasteiger partial charge in [-0.15, -0.1) is 11.8 Å². The van der Waals surface area contributed by atoms with E-state index in [2.05, 4.69) is 0 Å². The van der Waals surface area contributed by atoms with E-state index in [1.807, 2.05) is 36.1 Å². The number of hydrogen-bond acceptors (Lipinski definition) is 4. The predicted molar refractivity (Wildman–Crippen MR) is 82.8 cm³/mol. The van der Waals surface area contributed by atoms with Gasteiger partial charge in [0.15, 0.2) is 0 Å². The standard InChI is InChI=1S/C14H19NO3S2/c1-11(14(16)15-7-9-20(17)10-8-15)19-13-5-3-12(18-2)4-6-13/h3-6,11H,7-10H2,1-2H3/t11-/m0/s1. The molecule has 1 aliphatic heterocycles. The summed E-state index contributed by atoms with van der Waals surface area (Å²) < 4.78 is 16.4. The zero-order chi connectivity index (χ0) is 14.5. The zero-order valence-electron chi connectivity index (χ0n) is 11.7. The number of methoxy groups -OCH3 is 1. The molecule has 1 aromatic carbocycles. The van der Waals surface area contributed by atoms with Crippen molar-refractivity contribution < 1.29 is 13.7 Å². The highest BCUT2D eigenvalue weighted by Crippen LogP contribution is 2.26. The van der Waals surface area contributed by atoms with Gasteiger partial charge in [0.25, 0.3) is 0 Å². The average molecular weight is 313 g/mol. The van der Waals surface area contributed by atoms with Crippen LogP contribution in [0.25, 0.3) is 0 Å². The highest BCUT2D eigenvalue weighted by Gasteiger charge is 2.24. The molecular weight excluding hydrogens is 294 g/mol. The fourth-order valence-electron chi connectivity index (χ4n) is 2.02. The first-order valence-electron chi connectivity index (χ1n) is 6.54. The normalized spacial score (nSPS) is 17.8. The van der Waals surface area contributed by atoms with Gasteiger partial charge in [-0.25, -0.2) is 0 Å². The SMILES string of the molecule is COc1ccc(S[C@@H](C)C(=O)N2CCS(=O)CC2)cc1. The molecule has 1 fully saturated rings. The molecule has 1 heterocycles. The van der Waals surface area contributed by atoms with Crippen molar-refractivity contribution in [3.05, 3.63) is 24.3 Å². The van der Waals surface area contributed by atoms with Crippen molar-refractivity contribution >= 4 is 28.5 Å². The van der Waals surface area contributed by atoms with Gasteiger partial charge in [-0.1, -0.05) is 0 Å². The minimum absolute atomic E-state index is 0.127. The van der Waals surface area contributed by atoms with Crippen LogP contribution in [-0.4, -0.2) is 52.0 Å². The molecule has 0 unspecified atom stereocenters. The van der Waals surface area contributed by atoms with Crippen molar-refractivity contribution in [2.75, 3.05) is 31.7 Å². The molecule has 0 radical (unpaired) electrons. The quantitative estimate of drug-likeness (QED) is 0.795. The molecule has 6 heteroatoms. The van der Waals surface area contributed by atoms with Gasteiger partial charge in [0.1, 0.15) is 5.75 Å². The van der Waals surface area contributed by atoms with Crippen molar-refractivity contribution in [3.8, 4) is 5.75 Å². The van der Waals surface area contributed by atoms with Crippen LogP contribution in [-0.2, 0) is 15.6 Å². The summed E-state index contributed by atoms with van der Waals surface area (Å²) in [7, 11) is 0.887. The molecular formula is C14H19NO3S2. The average Bonchev–Trinajstić information content (AvgIpc) is 2.48. The van der Waals surface area contributed by atoms with Gasteiger partial charge < -0.3 is 9.64 Å². The number of amides is 1. The zero-order valence-corrected chi connectivity index (χ0v) is 13.3. The molecule has 0 N–H and O–H groups in total. The van der Waals surface area contributed by atoms with Gasteiger partial charge in [0, 0.05) is 40.3 Å². The Hall–Kier alpha value is -1.01. The summed E-state index contributed by atoms with van der Waals surface area (Å²) in [6.07, 6.45) is 0. The van der Waals surface area contributed by atoms with Gasteiger partial charge in [-0.2, -0.15) is 0 Å². The number of carbonyl (C=O) groups is 1. The summed E-state index contributed by atoms with van der Waals surface area (Å²) in [5.41, 5.74) is 0. The lowest BCUT2D eigenvalue weighted by Crippen LogP contribution is -2.44. The molecule has 0 spiro atoms. The Morgan fingerprint density at radius 3 is 2.45 bits per heavy atom. The Labute approximate surface area is 126 Å². The number of benzene rings is 1. The third kappa shape index (κ3) is 3.99. The lowest BCUT2D eigenvalue weighted by atomic mass is 10.3. The lowest BCUT2D eigenvalue weighted by Gasteiger charge is -2.28. The Morgan fingerprint density at radius 1 is 1.30 bits per heavy atom. The molecule has 1 aliphatic rings. The molecule has 0 aliphatic carbocycles. The van der Waals surface area contributed by atoms with Crippen LogP contribution in [0.1, 0.15) is 6.92 Å². The number of thioether (sulfide) groups is 1. The van der Waals surface area contributed by atoms with Gasteiger partial charge >= 0.3 is 0 Å². The summed E-state index contributed by atoms with van der Waals surface area (Å²) in [6.45, 7) is 3.14. The van der Waals surface area contributed by atoms with E-state index >= 15 is 0 Å². The minimum atomic E-state index is -0.747. The molecule has 1 saturated heterocycles. The van der Waals surface area contributed by atoms with E-state index in [4.69, 9.17) is 4.74 Å². The van der Waals surface area contributed by atoms with E-state index in [0.717, 1.165) is 10.6 Å². The summed E-state index contributed by atoms with van der Waals surface area (Å²) in [5, 5.41) is -0.130. The first-order valence-corrected chi connectivity index (χ1v) is 8.91. The van der Waals surface area contributed by atoms with Crippen LogP contribution < -0.4 is 4.74 Å². The Bertz CT molecular complexity index is 480. The van der Waals surface area contributed by atoms with E-state index in [9.17, 15) is 9.00 Å². The van der Waals surface area contributed by atoms with Crippen molar-refractivity contribution in [2.45, 2.75) is 17.1 Å². The summed E-state index contributed by atoms with van der Waals surface area (Å²) in [5.74, 6) is 2.14. The molecule has 0 bridgehead atoms. The Kier molecular flexibility index (Phi) is 5.48. The number of ether oxygens (including phenoxy) is 1. The lowest BCUT2D eigenvalue weighted by molar-refractivity contribution is -0.129. The maximum Gasteiger partial charge on any atom is 0.235 e. The van der Waals surface area contributed by atoms with Crippen LogP contribution in [0.4, 0.5) is 0 Å². The van der Waals surface area contributed by atoms with Crippen molar-refractivity contribution in [1.82, 2.24) is 4.90 Å². The van der Waals surface area contributed by atoms with Gasteiger partial charge in [-0.05, 0) is 31.2 Å². The molecule has 2 rings (SSSR count). The largest absolute Gasteiger partial charge is 0.497 e. The van der Waals surface area contributed by atoms with E-state index in [0.29, 0.717) is 24.6 Å². The van der Waals surface area contributed by atoms with Gasteiger partial charge in [0.05, 0.1) is 12.4 Å². The van der Waals surface area contributed by atoms with Gasteiger partial charge in [0.2, 0.25) is 5.91 Å². The molecule has 0 saturated carbocycles. The number of carbonyl (C=O) groups excluding carboxylic acids is 1. The van der Waals surface area contributed by atoms with E-state index in [-0.39, 0.29) is 11.2 Å². The maximum atomic E-state index is 12.3. The van der Waals surface area contributed by atoms with E-state index in [1.165, 1.54) is 0 Å². The first-order chi connectivity index (χ1) is 9.60. The molecule has 1 atom stereocenters. The van der Waals surface area contributed by atoms with E-state index < -0.39 is 10.8 Å². The van der Waals surface area contributed by atoms with Crippen LogP contribution in [0.3, 0.4) is 0 Å². The highest BCUT2D eigenvalue weighted by atomic mass is 32.2. The van der Waals surface area contributed by atoms with Crippen molar-refractivity contribution in [1.29, 1.82) is 0 Å².